The summed E-state index contributed by atoms with van der Waals surface area (Å²) in [6, 6.07) is 7.15. The topological polar surface area (TPSA) is 80.0 Å². The number of ether oxygens (including phenoxy) is 4. The van der Waals surface area contributed by atoms with Crippen LogP contribution in [0.25, 0.3) is 0 Å². The van der Waals surface area contributed by atoms with E-state index < -0.39 is 0 Å². The van der Waals surface area contributed by atoms with Gasteiger partial charge in [0, 0.05) is 20.3 Å². The molecule has 0 fully saturated rings. The van der Waals surface area contributed by atoms with Crippen molar-refractivity contribution in [2.24, 2.45) is 0 Å². The van der Waals surface area contributed by atoms with Crippen molar-refractivity contribution >= 4 is 11.7 Å². The van der Waals surface area contributed by atoms with E-state index in [9.17, 15) is 4.79 Å². The van der Waals surface area contributed by atoms with Gasteiger partial charge in [-0.25, -0.2) is 0 Å². The molecule has 1 aromatic rings. The average molecular weight is 297 g/mol. The zero-order valence-electron chi connectivity index (χ0n) is 12.4. The summed E-state index contributed by atoms with van der Waals surface area (Å²) in [6.07, 6.45) is 1.01. The van der Waals surface area contributed by atoms with E-state index in [1.165, 1.54) is 0 Å². The zero-order chi connectivity index (χ0) is 15.3. The van der Waals surface area contributed by atoms with Gasteiger partial charge in [-0.1, -0.05) is 12.1 Å². The lowest BCUT2D eigenvalue weighted by molar-refractivity contribution is -0.145. The number of anilines is 1. The third kappa shape index (κ3) is 8.16. The molecule has 0 aliphatic carbocycles. The standard InChI is InChI=1S/C15H23NO5/c1-18-8-4-9-19-11-12-21-15(17)7-10-20-14-6-3-2-5-13(14)16/h2-3,5-6H,4,7-12,16H2,1H3. The first-order valence-electron chi connectivity index (χ1n) is 6.93. The number of carbonyl (C=O) groups is 1. The molecule has 0 saturated heterocycles. The van der Waals surface area contributed by atoms with Crippen LogP contribution in [0.3, 0.4) is 0 Å². The van der Waals surface area contributed by atoms with Crippen LogP contribution in [0, 0.1) is 0 Å². The Bertz CT molecular complexity index is 411. The Morgan fingerprint density at radius 3 is 2.67 bits per heavy atom. The van der Waals surface area contributed by atoms with Crippen LogP contribution in [-0.2, 0) is 19.0 Å². The predicted molar refractivity (Wildman–Crippen MR) is 79.2 cm³/mol. The second-order valence-corrected chi connectivity index (χ2v) is 4.32. The number of hydrogen-bond donors (Lipinski definition) is 1. The highest BCUT2D eigenvalue weighted by Gasteiger charge is 2.04. The molecule has 0 radical (unpaired) electrons. The van der Waals surface area contributed by atoms with Crippen LogP contribution in [0.1, 0.15) is 12.8 Å². The molecule has 0 aromatic heterocycles. The number of methoxy groups -OCH3 is 1. The fraction of sp³-hybridized carbons (Fsp3) is 0.533. The first-order chi connectivity index (χ1) is 10.2. The van der Waals surface area contributed by atoms with E-state index in [0.717, 1.165) is 6.42 Å². The Morgan fingerprint density at radius 1 is 1.10 bits per heavy atom. The molecule has 118 valence electrons. The molecule has 0 unspecified atom stereocenters. The summed E-state index contributed by atoms with van der Waals surface area (Å²) in [5.74, 6) is 0.261. The molecule has 0 bridgehead atoms. The highest BCUT2D eigenvalue weighted by Crippen LogP contribution is 2.19. The molecule has 0 aliphatic rings. The van der Waals surface area contributed by atoms with E-state index in [-0.39, 0.29) is 25.6 Å². The Kier molecular flexibility index (Phi) is 8.99. The lowest BCUT2D eigenvalue weighted by Gasteiger charge is -2.09. The van der Waals surface area contributed by atoms with Gasteiger partial charge in [0.1, 0.15) is 12.4 Å². The first-order valence-corrected chi connectivity index (χ1v) is 6.93. The number of rotatable bonds is 11. The first kappa shape index (κ1) is 17.3. The quantitative estimate of drug-likeness (QED) is 0.380. The van der Waals surface area contributed by atoms with Crippen LogP contribution in [0.5, 0.6) is 5.75 Å². The van der Waals surface area contributed by atoms with Gasteiger partial charge in [-0.2, -0.15) is 0 Å². The van der Waals surface area contributed by atoms with Crippen LogP contribution < -0.4 is 10.5 Å². The molecule has 6 heteroatoms. The van der Waals surface area contributed by atoms with Crippen molar-refractivity contribution < 1.29 is 23.7 Å². The smallest absolute Gasteiger partial charge is 0.309 e. The van der Waals surface area contributed by atoms with Crippen molar-refractivity contribution in [3.05, 3.63) is 24.3 Å². The predicted octanol–water partition coefficient (Wildman–Crippen LogP) is 1.63. The van der Waals surface area contributed by atoms with Gasteiger partial charge in [-0.3, -0.25) is 4.79 Å². The van der Waals surface area contributed by atoms with E-state index in [2.05, 4.69) is 0 Å². The molecule has 6 nitrogen and oxygen atoms in total. The van der Waals surface area contributed by atoms with Gasteiger partial charge >= 0.3 is 5.97 Å². The Hall–Kier alpha value is -1.79. The number of para-hydroxylation sites is 2. The maximum Gasteiger partial charge on any atom is 0.309 e. The second kappa shape index (κ2) is 10.9. The average Bonchev–Trinajstić information content (AvgIpc) is 2.48. The van der Waals surface area contributed by atoms with Crippen LogP contribution >= 0.6 is 0 Å². The summed E-state index contributed by atoms with van der Waals surface area (Å²) >= 11 is 0. The fourth-order valence-corrected chi connectivity index (χ4v) is 1.55. The molecule has 0 amide bonds. The summed E-state index contributed by atoms with van der Waals surface area (Å²) < 4.78 is 20.6. The lowest BCUT2D eigenvalue weighted by Crippen LogP contribution is -2.14. The molecule has 1 aromatic carbocycles. The van der Waals surface area contributed by atoms with Crippen LogP contribution in [0.15, 0.2) is 24.3 Å². The molecular formula is C15H23NO5. The van der Waals surface area contributed by atoms with Crippen molar-refractivity contribution in [1.29, 1.82) is 0 Å². The maximum absolute atomic E-state index is 11.4. The minimum atomic E-state index is -0.315. The summed E-state index contributed by atoms with van der Waals surface area (Å²) in [7, 11) is 1.65. The Labute approximate surface area is 125 Å². The van der Waals surface area contributed by atoms with Crippen LogP contribution in [0.2, 0.25) is 0 Å². The molecule has 21 heavy (non-hydrogen) atoms. The minimum Gasteiger partial charge on any atom is -0.491 e. The third-order valence-electron chi connectivity index (χ3n) is 2.61. The molecule has 0 aliphatic heterocycles. The van der Waals surface area contributed by atoms with Gasteiger partial charge in [0.15, 0.2) is 0 Å². The van der Waals surface area contributed by atoms with E-state index in [1.54, 1.807) is 19.2 Å². The number of benzene rings is 1. The number of nitrogens with two attached hydrogens (primary N) is 1. The van der Waals surface area contributed by atoms with Gasteiger partial charge in [-0.05, 0) is 18.6 Å². The van der Waals surface area contributed by atoms with E-state index in [4.69, 9.17) is 24.7 Å². The number of nitrogen functional groups attached to an aromatic ring is 1. The highest BCUT2D eigenvalue weighted by molar-refractivity contribution is 5.69. The SMILES string of the molecule is COCCCOCCOC(=O)CCOc1ccccc1N. The maximum atomic E-state index is 11.4. The number of hydrogen-bond acceptors (Lipinski definition) is 6. The molecule has 0 spiro atoms. The third-order valence-corrected chi connectivity index (χ3v) is 2.61. The largest absolute Gasteiger partial charge is 0.491 e. The van der Waals surface area contributed by atoms with Crippen molar-refractivity contribution in [3.63, 3.8) is 0 Å². The van der Waals surface area contributed by atoms with Gasteiger partial charge in [0.2, 0.25) is 0 Å². The zero-order valence-corrected chi connectivity index (χ0v) is 12.4. The lowest BCUT2D eigenvalue weighted by atomic mass is 10.3. The number of esters is 1. The van der Waals surface area contributed by atoms with E-state index in [0.29, 0.717) is 31.3 Å². The summed E-state index contributed by atoms with van der Waals surface area (Å²) in [4.78, 5) is 11.4. The second-order valence-electron chi connectivity index (χ2n) is 4.32. The van der Waals surface area contributed by atoms with Crippen LogP contribution in [0.4, 0.5) is 5.69 Å². The van der Waals surface area contributed by atoms with Crippen molar-refractivity contribution in [2.45, 2.75) is 12.8 Å². The summed E-state index contributed by atoms with van der Waals surface area (Å²) in [5, 5.41) is 0. The van der Waals surface area contributed by atoms with Crippen molar-refractivity contribution in [1.82, 2.24) is 0 Å². The summed E-state index contributed by atoms with van der Waals surface area (Å²) in [5.41, 5.74) is 6.27. The minimum absolute atomic E-state index is 0.179. The Balaban J connectivity index is 2.00. The molecule has 0 saturated carbocycles. The molecule has 2 N–H and O–H groups in total. The highest BCUT2D eigenvalue weighted by atomic mass is 16.6. The van der Waals surface area contributed by atoms with Gasteiger partial charge in [-0.15, -0.1) is 0 Å². The van der Waals surface area contributed by atoms with Crippen LogP contribution in [-0.4, -0.2) is 46.1 Å². The molecule has 0 atom stereocenters. The van der Waals surface area contributed by atoms with Crippen molar-refractivity contribution in [3.8, 4) is 5.75 Å². The van der Waals surface area contributed by atoms with Gasteiger partial charge in [0.05, 0.1) is 25.3 Å². The van der Waals surface area contributed by atoms with Crippen molar-refractivity contribution in [2.75, 3.05) is 45.9 Å². The van der Waals surface area contributed by atoms with Gasteiger partial charge in [0.25, 0.3) is 0 Å². The fourth-order valence-electron chi connectivity index (χ4n) is 1.55. The van der Waals surface area contributed by atoms with E-state index >= 15 is 0 Å². The normalized spacial score (nSPS) is 10.3. The number of carbonyl (C=O) groups excluding carboxylic acids is 1. The van der Waals surface area contributed by atoms with E-state index in [1.807, 2.05) is 12.1 Å². The summed E-state index contributed by atoms with van der Waals surface area (Å²) in [6.45, 7) is 2.14. The van der Waals surface area contributed by atoms with Gasteiger partial charge < -0.3 is 24.7 Å². The Morgan fingerprint density at radius 2 is 1.90 bits per heavy atom. The molecule has 0 heterocycles. The molecular weight excluding hydrogens is 274 g/mol. The molecule has 1 rings (SSSR count). The monoisotopic (exact) mass is 297 g/mol.